The number of phenols is 1. The highest BCUT2D eigenvalue weighted by atomic mass is 19.1. The van der Waals surface area contributed by atoms with Crippen LogP contribution in [0.5, 0.6) is 5.75 Å². The molecule has 0 aliphatic carbocycles. The predicted molar refractivity (Wildman–Crippen MR) is 61.4 cm³/mol. The van der Waals surface area contributed by atoms with Crippen molar-refractivity contribution in [1.82, 2.24) is 10.2 Å². The van der Waals surface area contributed by atoms with Gasteiger partial charge in [0.1, 0.15) is 0 Å². The quantitative estimate of drug-likeness (QED) is 0.807. The molecule has 2 rings (SSSR count). The molecule has 1 aliphatic heterocycles. The number of hydrogen-bond donors (Lipinski definition) is 2. The number of carbonyl (C=O) groups excluding carboxylic acids is 1. The van der Waals surface area contributed by atoms with Gasteiger partial charge in [-0.1, -0.05) is 0 Å². The molecule has 0 bridgehead atoms. The molecule has 5 heteroatoms. The Morgan fingerprint density at radius 1 is 1.59 bits per heavy atom. The minimum atomic E-state index is -0.720. The minimum Gasteiger partial charge on any atom is -0.505 e. The summed E-state index contributed by atoms with van der Waals surface area (Å²) in [7, 11) is 2.00. The van der Waals surface area contributed by atoms with Crippen molar-refractivity contribution in [2.24, 2.45) is 0 Å². The largest absolute Gasteiger partial charge is 0.505 e. The summed E-state index contributed by atoms with van der Waals surface area (Å²) >= 11 is 0. The van der Waals surface area contributed by atoms with Crippen LogP contribution in [0.2, 0.25) is 0 Å². The van der Waals surface area contributed by atoms with E-state index in [1.54, 1.807) is 0 Å². The van der Waals surface area contributed by atoms with E-state index >= 15 is 0 Å². The van der Waals surface area contributed by atoms with Crippen LogP contribution in [0.4, 0.5) is 4.39 Å². The number of halogens is 1. The summed E-state index contributed by atoms with van der Waals surface area (Å²) in [5, 5.41) is 12.0. The molecule has 0 spiro atoms. The Morgan fingerprint density at radius 2 is 2.35 bits per heavy atom. The Hall–Kier alpha value is -1.62. The smallest absolute Gasteiger partial charge is 0.251 e. The number of nitrogens with one attached hydrogen (secondary N) is 1. The Labute approximate surface area is 99.0 Å². The van der Waals surface area contributed by atoms with Gasteiger partial charge in [-0.05, 0) is 38.2 Å². The van der Waals surface area contributed by atoms with Crippen molar-refractivity contribution in [1.29, 1.82) is 0 Å². The van der Waals surface area contributed by atoms with Crippen LogP contribution < -0.4 is 5.32 Å². The van der Waals surface area contributed by atoms with Crippen molar-refractivity contribution in [2.75, 3.05) is 20.1 Å². The fourth-order valence-electron chi connectivity index (χ4n) is 1.98. The number of amides is 1. The lowest BCUT2D eigenvalue weighted by molar-refractivity contribution is 0.0938. The molecule has 1 aliphatic rings. The van der Waals surface area contributed by atoms with Gasteiger partial charge in [0.15, 0.2) is 11.6 Å². The first-order valence-corrected chi connectivity index (χ1v) is 5.54. The Kier molecular flexibility index (Phi) is 3.28. The number of rotatable bonds is 2. The van der Waals surface area contributed by atoms with Crippen LogP contribution in [0.15, 0.2) is 18.2 Å². The number of likely N-dealkylation sites (tertiary alicyclic amines) is 1. The van der Waals surface area contributed by atoms with Crippen molar-refractivity contribution in [2.45, 2.75) is 12.5 Å². The molecule has 0 unspecified atom stereocenters. The molecule has 0 radical (unpaired) electrons. The second-order valence-electron chi connectivity index (χ2n) is 4.39. The molecule has 1 aromatic rings. The predicted octanol–water partition coefficient (Wildman–Crippen LogP) is 0.965. The number of likely N-dealkylation sites (N-methyl/N-ethyl adjacent to an activating group) is 1. The molecule has 1 fully saturated rings. The molecule has 1 saturated heterocycles. The zero-order chi connectivity index (χ0) is 12.4. The van der Waals surface area contributed by atoms with E-state index in [2.05, 4.69) is 10.2 Å². The molecule has 1 amide bonds. The molecule has 1 aromatic carbocycles. The van der Waals surface area contributed by atoms with Crippen LogP contribution in [-0.4, -0.2) is 42.1 Å². The summed E-state index contributed by atoms with van der Waals surface area (Å²) in [6, 6.07) is 3.72. The van der Waals surface area contributed by atoms with Gasteiger partial charge in [-0.2, -0.15) is 0 Å². The first kappa shape index (κ1) is 11.9. The Balaban J connectivity index is 2.02. The lowest BCUT2D eigenvalue weighted by Gasteiger charge is -2.13. The maximum atomic E-state index is 12.8. The van der Waals surface area contributed by atoms with Gasteiger partial charge in [0, 0.05) is 18.2 Å². The van der Waals surface area contributed by atoms with Crippen LogP contribution in [0.1, 0.15) is 16.8 Å². The molecular formula is C12H15FN2O2. The molecular weight excluding hydrogens is 223 g/mol. The molecule has 1 atom stereocenters. The Bertz CT molecular complexity index is 437. The van der Waals surface area contributed by atoms with E-state index in [1.165, 1.54) is 6.07 Å². The zero-order valence-electron chi connectivity index (χ0n) is 9.61. The lowest BCUT2D eigenvalue weighted by Crippen LogP contribution is -2.36. The number of phenolic OH excluding ortho intramolecular Hbond substituents is 1. The second-order valence-corrected chi connectivity index (χ2v) is 4.39. The summed E-state index contributed by atoms with van der Waals surface area (Å²) in [6.07, 6.45) is 0.912. The summed E-state index contributed by atoms with van der Waals surface area (Å²) in [4.78, 5) is 13.9. The summed E-state index contributed by atoms with van der Waals surface area (Å²) in [5.74, 6) is -1.50. The maximum absolute atomic E-state index is 12.8. The fraction of sp³-hybridized carbons (Fsp3) is 0.417. The van der Waals surface area contributed by atoms with Crippen LogP contribution in [0.3, 0.4) is 0 Å². The van der Waals surface area contributed by atoms with Gasteiger partial charge in [-0.15, -0.1) is 0 Å². The van der Waals surface area contributed by atoms with Crippen LogP contribution >= 0.6 is 0 Å². The number of benzene rings is 1. The first-order valence-electron chi connectivity index (χ1n) is 5.54. The van der Waals surface area contributed by atoms with Crippen molar-refractivity contribution >= 4 is 5.91 Å². The third kappa shape index (κ3) is 2.74. The molecule has 17 heavy (non-hydrogen) atoms. The SMILES string of the molecule is CN1CC[C@@H](NC(=O)c2ccc(F)c(O)c2)C1. The number of hydrogen-bond acceptors (Lipinski definition) is 3. The Morgan fingerprint density at radius 3 is 2.94 bits per heavy atom. The summed E-state index contributed by atoms with van der Waals surface area (Å²) in [6.45, 7) is 1.78. The summed E-state index contributed by atoms with van der Waals surface area (Å²) in [5.41, 5.74) is 0.276. The zero-order valence-corrected chi connectivity index (χ0v) is 9.61. The highest BCUT2D eigenvalue weighted by molar-refractivity contribution is 5.94. The highest BCUT2D eigenvalue weighted by Crippen LogP contribution is 2.17. The standard InChI is InChI=1S/C12H15FN2O2/c1-15-5-4-9(7-15)14-12(17)8-2-3-10(13)11(16)6-8/h2-3,6,9,16H,4-5,7H2,1H3,(H,14,17)/t9-/m1/s1. The second kappa shape index (κ2) is 4.71. The number of nitrogens with zero attached hydrogens (tertiary/aromatic N) is 1. The van der Waals surface area contributed by atoms with Gasteiger partial charge in [-0.25, -0.2) is 4.39 Å². The molecule has 2 N–H and O–H groups in total. The first-order chi connectivity index (χ1) is 8.06. The summed E-state index contributed by atoms with van der Waals surface area (Å²) < 4.78 is 12.8. The number of carbonyl (C=O) groups is 1. The van der Waals surface area contributed by atoms with Gasteiger partial charge < -0.3 is 15.3 Å². The van der Waals surface area contributed by atoms with Crippen LogP contribution in [-0.2, 0) is 0 Å². The van der Waals surface area contributed by atoms with Gasteiger partial charge in [0.2, 0.25) is 0 Å². The molecule has 0 saturated carbocycles. The van der Waals surface area contributed by atoms with Gasteiger partial charge >= 0.3 is 0 Å². The van der Waals surface area contributed by atoms with E-state index in [9.17, 15) is 14.3 Å². The molecule has 92 valence electrons. The van der Waals surface area contributed by atoms with E-state index in [0.29, 0.717) is 0 Å². The number of aromatic hydroxyl groups is 1. The van der Waals surface area contributed by atoms with Crippen molar-refractivity contribution in [3.63, 3.8) is 0 Å². The van der Waals surface area contributed by atoms with E-state index in [0.717, 1.165) is 31.6 Å². The minimum absolute atomic E-state index is 0.125. The van der Waals surface area contributed by atoms with E-state index in [4.69, 9.17) is 0 Å². The van der Waals surface area contributed by atoms with Gasteiger partial charge in [0.25, 0.3) is 5.91 Å². The molecule has 1 heterocycles. The van der Waals surface area contributed by atoms with Crippen molar-refractivity contribution in [3.8, 4) is 5.75 Å². The van der Waals surface area contributed by atoms with Crippen molar-refractivity contribution in [3.05, 3.63) is 29.6 Å². The molecule has 0 aromatic heterocycles. The van der Waals surface area contributed by atoms with Gasteiger partial charge in [-0.3, -0.25) is 4.79 Å². The average Bonchev–Trinajstić information content (AvgIpc) is 2.68. The van der Waals surface area contributed by atoms with Gasteiger partial charge in [0.05, 0.1) is 0 Å². The van der Waals surface area contributed by atoms with E-state index in [-0.39, 0.29) is 17.5 Å². The third-order valence-electron chi connectivity index (χ3n) is 2.93. The topological polar surface area (TPSA) is 52.6 Å². The normalized spacial score (nSPS) is 20.5. The van der Waals surface area contributed by atoms with Crippen molar-refractivity contribution < 1.29 is 14.3 Å². The maximum Gasteiger partial charge on any atom is 0.251 e. The van der Waals surface area contributed by atoms with Crippen LogP contribution in [0, 0.1) is 5.82 Å². The van der Waals surface area contributed by atoms with E-state index in [1.807, 2.05) is 7.05 Å². The highest BCUT2D eigenvalue weighted by Gasteiger charge is 2.21. The fourth-order valence-corrected chi connectivity index (χ4v) is 1.98. The average molecular weight is 238 g/mol. The monoisotopic (exact) mass is 238 g/mol. The van der Waals surface area contributed by atoms with E-state index < -0.39 is 11.6 Å². The molecule has 4 nitrogen and oxygen atoms in total. The van der Waals surface area contributed by atoms with Crippen LogP contribution in [0.25, 0.3) is 0 Å². The lowest BCUT2D eigenvalue weighted by atomic mass is 10.1. The third-order valence-corrected chi connectivity index (χ3v) is 2.93.